The molecule has 4 rings (SSSR count). The van der Waals surface area contributed by atoms with E-state index < -0.39 is 0 Å². The predicted molar refractivity (Wildman–Crippen MR) is 119 cm³/mol. The zero-order chi connectivity index (χ0) is 22.7. The third-order valence-electron chi connectivity index (χ3n) is 4.67. The van der Waals surface area contributed by atoms with Crippen molar-refractivity contribution in [3.8, 4) is 34.3 Å². The van der Waals surface area contributed by atoms with Crippen molar-refractivity contribution in [3.63, 3.8) is 0 Å². The van der Waals surface area contributed by atoms with Crippen LogP contribution >= 0.6 is 0 Å². The Balaban J connectivity index is 1.76. The van der Waals surface area contributed by atoms with E-state index in [0.29, 0.717) is 34.6 Å². The molecule has 0 saturated carbocycles. The van der Waals surface area contributed by atoms with Crippen LogP contribution in [0.4, 0.5) is 10.2 Å². The maximum atomic E-state index is 13.1. The summed E-state index contributed by atoms with van der Waals surface area (Å²) < 4.78 is 18.8. The van der Waals surface area contributed by atoms with Gasteiger partial charge in [-0.15, -0.1) is 10.2 Å². The summed E-state index contributed by atoms with van der Waals surface area (Å²) in [6.07, 6.45) is 3.11. The molecular formula is C23H19FN6O2. The molecule has 0 aliphatic heterocycles. The molecule has 1 amide bonds. The van der Waals surface area contributed by atoms with Gasteiger partial charge in [0.1, 0.15) is 0 Å². The fraction of sp³-hybridized carbons (Fsp3) is 0.0870. The van der Waals surface area contributed by atoms with E-state index in [1.54, 1.807) is 32.3 Å². The quantitative estimate of drug-likeness (QED) is 0.508. The summed E-state index contributed by atoms with van der Waals surface area (Å²) in [4.78, 5) is 22.5. The van der Waals surface area contributed by atoms with Gasteiger partial charge in [-0.3, -0.25) is 4.79 Å². The second-order valence-corrected chi connectivity index (χ2v) is 7.06. The van der Waals surface area contributed by atoms with E-state index in [9.17, 15) is 9.18 Å². The topological polar surface area (TPSA) is 111 Å². The Bertz CT molecular complexity index is 1300. The highest BCUT2D eigenvalue weighted by atomic mass is 19.1. The van der Waals surface area contributed by atoms with E-state index >= 15 is 0 Å². The van der Waals surface area contributed by atoms with E-state index in [4.69, 9.17) is 10.2 Å². The summed E-state index contributed by atoms with van der Waals surface area (Å²) in [6.45, 7) is 0. The van der Waals surface area contributed by atoms with Crippen LogP contribution in [0.5, 0.6) is 0 Å². The van der Waals surface area contributed by atoms with Gasteiger partial charge in [0.2, 0.25) is 5.89 Å². The summed E-state index contributed by atoms with van der Waals surface area (Å²) in [5.74, 6) is 0.338. The van der Waals surface area contributed by atoms with Gasteiger partial charge in [-0.05, 0) is 35.9 Å². The number of anilines is 1. The minimum atomic E-state index is -0.201. The van der Waals surface area contributed by atoms with Crippen LogP contribution in [0.15, 0.2) is 65.5 Å². The molecule has 4 aromatic rings. The first kappa shape index (κ1) is 20.9. The summed E-state index contributed by atoms with van der Waals surface area (Å²) in [5.41, 5.74) is 8.82. The lowest BCUT2D eigenvalue weighted by molar-refractivity contribution is 0.0827. The number of nitrogens with zero attached hydrogens (tertiary/aromatic N) is 5. The second kappa shape index (κ2) is 8.76. The normalized spacial score (nSPS) is 11.1. The van der Waals surface area contributed by atoms with Crippen LogP contribution in [-0.2, 0) is 0 Å². The number of hydrogen-bond acceptors (Lipinski definition) is 7. The van der Waals surface area contributed by atoms with Crippen LogP contribution in [0.2, 0.25) is 0 Å². The third-order valence-corrected chi connectivity index (χ3v) is 4.67. The molecule has 2 heterocycles. The number of rotatable bonds is 5. The molecule has 0 aliphatic rings. The van der Waals surface area contributed by atoms with Gasteiger partial charge >= 0.3 is 0 Å². The molecule has 32 heavy (non-hydrogen) atoms. The highest BCUT2D eigenvalue weighted by Gasteiger charge is 2.18. The molecule has 2 aromatic heterocycles. The molecule has 0 radical (unpaired) electrons. The number of nitrogen functional groups attached to an aromatic ring is 1. The van der Waals surface area contributed by atoms with Crippen molar-refractivity contribution >= 4 is 17.8 Å². The van der Waals surface area contributed by atoms with Gasteiger partial charge in [-0.1, -0.05) is 24.3 Å². The zero-order valence-electron chi connectivity index (χ0n) is 17.4. The second-order valence-electron chi connectivity index (χ2n) is 7.06. The van der Waals surface area contributed by atoms with Crippen molar-refractivity contribution in [1.29, 1.82) is 0 Å². The number of aromatic nitrogens is 4. The van der Waals surface area contributed by atoms with Gasteiger partial charge in [-0.2, -0.15) is 0 Å². The van der Waals surface area contributed by atoms with Crippen molar-refractivity contribution in [2.45, 2.75) is 0 Å². The molecule has 0 aliphatic carbocycles. The fourth-order valence-corrected chi connectivity index (χ4v) is 3.09. The van der Waals surface area contributed by atoms with Crippen molar-refractivity contribution in [3.05, 3.63) is 72.2 Å². The third kappa shape index (κ3) is 4.08. The Kier molecular flexibility index (Phi) is 5.71. The molecule has 160 valence electrons. The molecule has 8 nitrogen and oxygen atoms in total. The van der Waals surface area contributed by atoms with E-state index in [0.717, 1.165) is 5.56 Å². The first-order valence-corrected chi connectivity index (χ1v) is 9.62. The van der Waals surface area contributed by atoms with E-state index in [-0.39, 0.29) is 23.3 Å². The highest BCUT2D eigenvalue weighted by molar-refractivity contribution is 5.95. The zero-order valence-corrected chi connectivity index (χ0v) is 17.4. The van der Waals surface area contributed by atoms with E-state index in [2.05, 4.69) is 20.2 Å². The Morgan fingerprint density at radius 1 is 1.09 bits per heavy atom. The monoisotopic (exact) mass is 430 g/mol. The maximum Gasteiger partial charge on any atom is 0.270 e. The summed E-state index contributed by atoms with van der Waals surface area (Å²) in [7, 11) is 3.29. The van der Waals surface area contributed by atoms with Gasteiger partial charge in [0.15, 0.2) is 11.5 Å². The van der Waals surface area contributed by atoms with E-state index in [1.165, 1.54) is 17.2 Å². The van der Waals surface area contributed by atoms with Crippen molar-refractivity contribution in [2.75, 3.05) is 19.8 Å². The Hall–Kier alpha value is -4.40. The molecule has 2 aromatic carbocycles. The van der Waals surface area contributed by atoms with Crippen LogP contribution in [-0.4, -0.2) is 45.1 Å². The number of hydrogen-bond donors (Lipinski definition) is 1. The number of carbonyl (C=O) groups excluding carboxylic acids is 1. The summed E-state index contributed by atoms with van der Waals surface area (Å²) >= 11 is 0. The van der Waals surface area contributed by atoms with Crippen LogP contribution < -0.4 is 5.73 Å². The van der Waals surface area contributed by atoms with Gasteiger partial charge < -0.3 is 15.1 Å². The average molecular weight is 430 g/mol. The number of carbonyl (C=O) groups is 1. The molecular weight excluding hydrogens is 411 g/mol. The number of halogens is 1. The molecule has 2 N–H and O–H groups in total. The lowest BCUT2D eigenvalue weighted by atomic mass is 10.0. The molecule has 0 atom stereocenters. The smallest absolute Gasteiger partial charge is 0.270 e. The van der Waals surface area contributed by atoms with Crippen molar-refractivity contribution < 1.29 is 13.6 Å². The van der Waals surface area contributed by atoms with Crippen LogP contribution in [0.3, 0.4) is 0 Å². The first-order valence-electron chi connectivity index (χ1n) is 9.62. The van der Waals surface area contributed by atoms with Crippen LogP contribution in [0.25, 0.3) is 40.4 Å². The Morgan fingerprint density at radius 3 is 2.56 bits per heavy atom. The molecule has 9 heteroatoms. The number of amides is 1. The van der Waals surface area contributed by atoms with Crippen LogP contribution in [0, 0.1) is 0 Å². The standard InChI is InChI=1S/C23H19FN6O2/c1-30(2)23(31)16-8-9-17(15(12-16)10-11-24)18-13-26-20(25)19(27-18)22-29-28-21(32-22)14-6-4-3-5-7-14/h3-13H,1-2H3,(H2,25,26)/b11-10+. The fourth-order valence-electron chi connectivity index (χ4n) is 3.09. The predicted octanol–water partition coefficient (Wildman–Crippen LogP) is 4.08. The Labute approximate surface area is 183 Å². The maximum absolute atomic E-state index is 13.1. The number of nitrogens with two attached hydrogens (primary N) is 1. The minimum absolute atomic E-state index is 0.109. The van der Waals surface area contributed by atoms with Gasteiger partial charge in [0.25, 0.3) is 11.8 Å². The average Bonchev–Trinajstić information content (AvgIpc) is 3.30. The molecule has 0 saturated heterocycles. The molecule has 0 fully saturated rings. The molecule has 0 spiro atoms. The van der Waals surface area contributed by atoms with Crippen molar-refractivity contribution in [1.82, 2.24) is 25.1 Å². The summed E-state index contributed by atoms with van der Waals surface area (Å²) in [5, 5.41) is 8.11. The lowest BCUT2D eigenvalue weighted by Crippen LogP contribution is -2.21. The van der Waals surface area contributed by atoms with Crippen molar-refractivity contribution in [2.24, 2.45) is 0 Å². The van der Waals surface area contributed by atoms with Gasteiger partial charge in [0, 0.05) is 30.8 Å². The SMILES string of the molecule is CN(C)C(=O)c1ccc(-c2cnc(N)c(-c3nnc(-c4ccccc4)o3)n2)c(/C=C/F)c1. The first-order chi connectivity index (χ1) is 15.5. The molecule has 0 unspecified atom stereocenters. The molecule has 0 bridgehead atoms. The minimum Gasteiger partial charge on any atom is -0.414 e. The lowest BCUT2D eigenvalue weighted by Gasteiger charge is -2.13. The van der Waals surface area contributed by atoms with Gasteiger partial charge in [-0.25, -0.2) is 14.4 Å². The number of benzene rings is 2. The largest absolute Gasteiger partial charge is 0.414 e. The van der Waals surface area contributed by atoms with Gasteiger partial charge in [0.05, 0.1) is 18.2 Å². The van der Waals surface area contributed by atoms with Crippen LogP contribution in [0.1, 0.15) is 15.9 Å². The van der Waals surface area contributed by atoms with E-state index in [1.807, 2.05) is 30.3 Å². The Morgan fingerprint density at radius 2 is 1.84 bits per heavy atom. The highest BCUT2D eigenvalue weighted by Crippen LogP contribution is 2.30. The summed E-state index contributed by atoms with van der Waals surface area (Å²) in [6, 6.07) is 14.2.